The van der Waals surface area contributed by atoms with Gasteiger partial charge in [-0.2, -0.15) is 0 Å². The summed E-state index contributed by atoms with van der Waals surface area (Å²) < 4.78 is 7.50. The Labute approximate surface area is 161 Å². The van der Waals surface area contributed by atoms with Gasteiger partial charge in [-0.05, 0) is 51.5 Å². The summed E-state index contributed by atoms with van der Waals surface area (Å²) in [6, 6.07) is 6.70. The first-order chi connectivity index (χ1) is 12.6. The Kier molecular flexibility index (Phi) is 6.43. The first-order valence-corrected chi connectivity index (χ1v) is 8.82. The number of carboxylic acid groups (broad SMARTS) is 1. The molecule has 0 bridgehead atoms. The molecule has 2 aromatic rings. The van der Waals surface area contributed by atoms with Crippen LogP contribution in [0.4, 0.5) is 0 Å². The topological polar surface area (TPSA) is 103 Å². The second-order valence-corrected chi connectivity index (χ2v) is 7.44. The molecular weight excluding hydrogens is 374 g/mol. The van der Waals surface area contributed by atoms with E-state index in [1.807, 2.05) is 0 Å². The average Bonchev–Trinajstić information content (AvgIpc) is 2.83. The molecule has 9 heteroatoms. The number of aliphatic carboxylic acids is 1. The van der Waals surface area contributed by atoms with Gasteiger partial charge < -0.3 is 9.84 Å². The van der Waals surface area contributed by atoms with Crippen LogP contribution >= 0.6 is 11.6 Å². The zero-order valence-electron chi connectivity index (χ0n) is 15.4. The molecule has 0 saturated carbocycles. The Morgan fingerprint density at radius 1 is 1.22 bits per heavy atom. The number of benzene rings is 1. The van der Waals surface area contributed by atoms with Gasteiger partial charge in [0.05, 0.1) is 0 Å². The van der Waals surface area contributed by atoms with Crippen LogP contribution in [0.15, 0.2) is 29.1 Å². The van der Waals surface area contributed by atoms with Crippen LogP contribution in [0, 0.1) is 0 Å². The highest BCUT2D eigenvalue weighted by atomic mass is 35.5. The van der Waals surface area contributed by atoms with Crippen LogP contribution in [0.25, 0.3) is 11.4 Å². The highest BCUT2D eigenvalue weighted by Crippen LogP contribution is 2.19. The molecule has 0 aliphatic heterocycles. The van der Waals surface area contributed by atoms with Crippen molar-refractivity contribution in [1.29, 1.82) is 0 Å². The first-order valence-electron chi connectivity index (χ1n) is 8.44. The fourth-order valence-electron chi connectivity index (χ4n) is 2.46. The van der Waals surface area contributed by atoms with E-state index in [0.29, 0.717) is 22.8 Å². The Hall–Kier alpha value is -2.61. The van der Waals surface area contributed by atoms with Crippen molar-refractivity contribution in [3.8, 4) is 11.4 Å². The van der Waals surface area contributed by atoms with Crippen molar-refractivity contribution in [3.05, 3.63) is 39.8 Å². The molecule has 146 valence electrons. The number of nitrogens with zero attached hydrogens (tertiary/aromatic N) is 3. The summed E-state index contributed by atoms with van der Waals surface area (Å²) in [5.74, 6) is -1.21. The lowest BCUT2D eigenvalue weighted by Crippen LogP contribution is -2.28. The average molecular weight is 396 g/mol. The number of hydrogen-bond donors (Lipinski definition) is 1. The summed E-state index contributed by atoms with van der Waals surface area (Å²) in [7, 11) is 0. The number of halogens is 1. The van der Waals surface area contributed by atoms with Crippen LogP contribution in [0.2, 0.25) is 5.02 Å². The lowest BCUT2D eigenvalue weighted by Gasteiger charge is -2.19. The maximum Gasteiger partial charge on any atom is 0.346 e. The quantitative estimate of drug-likeness (QED) is 0.722. The summed E-state index contributed by atoms with van der Waals surface area (Å²) in [5, 5.41) is 13.6. The van der Waals surface area contributed by atoms with Gasteiger partial charge in [0.25, 0.3) is 0 Å². The Morgan fingerprint density at radius 3 is 2.41 bits per heavy atom. The number of aromatic nitrogens is 3. The molecule has 2 rings (SSSR count). The smallest absolute Gasteiger partial charge is 0.346 e. The summed E-state index contributed by atoms with van der Waals surface area (Å²) in [6.07, 6.45) is 0.488. The van der Waals surface area contributed by atoms with E-state index in [1.165, 1.54) is 4.57 Å². The molecule has 1 aromatic carbocycles. The number of ether oxygens (including phenoxy) is 1. The van der Waals surface area contributed by atoms with Crippen LogP contribution in [0.5, 0.6) is 0 Å². The number of carbonyl (C=O) groups is 2. The molecule has 0 atom stereocenters. The summed E-state index contributed by atoms with van der Waals surface area (Å²) in [4.78, 5) is 35.4. The van der Waals surface area contributed by atoms with Gasteiger partial charge in [-0.3, -0.25) is 14.2 Å². The van der Waals surface area contributed by atoms with Gasteiger partial charge in [0.15, 0.2) is 5.82 Å². The number of esters is 1. The van der Waals surface area contributed by atoms with E-state index in [2.05, 4.69) is 5.10 Å². The molecule has 1 N–H and O–H groups in total. The molecule has 0 fully saturated rings. The Balaban J connectivity index is 2.24. The molecule has 0 unspecified atom stereocenters. The van der Waals surface area contributed by atoms with Crippen molar-refractivity contribution in [2.75, 3.05) is 0 Å². The SMILES string of the molecule is CC(C)(C)OC(=O)CCCn1c(-c2ccc(Cl)cc2)nn(CC(=O)O)c1=O. The van der Waals surface area contributed by atoms with E-state index >= 15 is 0 Å². The molecule has 1 heterocycles. The third-order valence-electron chi connectivity index (χ3n) is 3.49. The Morgan fingerprint density at radius 2 is 1.85 bits per heavy atom. The maximum atomic E-state index is 12.5. The van der Waals surface area contributed by atoms with Crippen LogP contribution in [-0.4, -0.2) is 37.0 Å². The summed E-state index contributed by atoms with van der Waals surface area (Å²) >= 11 is 5.89. The number of rotatable bonds is 7. The van der Waals surface area contributed by atoms with Crippen LogP contribution in [0.1, 0.15) is 33.6 Å². The predicted molar refractivity (Wildman–Crippen MR) is 99.6 cm³/mol. The van der Waals surface area contributed by atoms with Gasteiger partial charge in [-0.1, -0.05) is 11.6 Å². The highest BCUT2D eigenvalue weighted by Gasteiger charge is 2.19. The van der Waals surface area contributed by atoms with E-state index in [4.69, 9.17) is 21.4 Å². The standard InChI is InChI=1S/C18H22ClN3O5/c1-18(2,3)27-15(25)5-4-10-21-16(12-6-8-13(19)9-7-12)20-22(17(21)26)11-14(23)24/h6-9H,4-5,10-11H2,1-3H3,(H,23,24). The predicted octanol–water partition coefficient (Wildman–Crippen LogP) is 2.57. The number of carboxylic acids is 1. The molecule has 0 radical (unpaired) electrons. The normalized spacial score (nSPS) is 11.4. The molecular formula is C18H22ClN3O5. The van der Waals surface area contributed by atoms with Gasteiger partial charge in [-0.15, -0.1) is 5.10 Å². The molecule has 0 spiro atoms. The van der Waals surface area contributed by atoms with Gasteiger partial charge in [0.2, 0.25) is 0 Å². The summed E-state index contributed by atoms with van der Waals surface area (Å²) in [6.45, 7) is 5.01. The molecule has 8 nitrogen and oxygen atoms in total. The minimum atomic E-state index is -1.17. The highest BCUT2D eigenvalue weighted by molar-refractivity contribution is 6.30. The summed E-state index contributed by atoms with van der Waals surface area (Å²) in [5.41, 5.74) is -0.501. The number of hydrogen-bond acceptors (Lipinski definition) is 5. The van der Waals surface area contributed by atoms with Crippen molar-refractivity contribution in [2.45, 2.75) is 52.3 Å². The van der Waals surface area contributed by atoms with Crippen molar-refractivity contribution in [1.82, 2.24) is 14.3 Å². The van der Waals surface area contributed by atoms with Crippen LogP contribution < -0.4 is 5.69 Å². The first kappa shape index (κ1) is 20.7. The molecule has 0 aliphatic carbocycles. The maximum absolute atomic E-state index is 12.5. The van der Waals surface area contributed by atoms with E-state index in [1.54, 1.807) is 45.0 Å². The Bertz CT molecular complexity index is 878. The van der Waals surface area contributed by atoms with Gasteiger partial charge in [-0.25, -0.2) is 9.48 Å². The molecule has 0 saturated heterocycles. The van der Waals surface area contributed by atoms with E-state index in [0.717, 1.165) is 4.68 Å². The van der Waals surface area contributed by atoms with Crippen LogP contribution in [0.3, 0.4) is 0 Å². The monoisotopic (exact) mass is 395 g/mol. The zero-order valence-corrected chi connectivity index (χ0v) is 16.2. The third-order valence-corrected chi connectivity index (χ3v) is 3.74. The van der Waals surface area contributed by atoms with Gasteiger partial charge in [0.1, 0.15) is 12.1 Å². The second kappa shape index (κ2) is 8.39. The van der Waals surface area contributed by atoms with Crippen molar-refractivity contribution in [2.24, 2.45) is 0 Å². The molecule has 0 aliphatic rings. The lowest BCUT2D eigenvalue weighted by atomic mass is 10.2. The van der Waals surface area contributed by atoms with Crippen molar-refractivity contribution >= 4 is 23.5 Å². The number of carbonyl (C=O) groups excluding carboxylic acids is 1. The third kappa shape index (κ3) is 5.96. The largest absolute Gasteiger partial charge is 0.480 e. The lowest BCUT2D eigenvalue weighted by molar-refractivity contribution is -0.155. The fraction of sp³-hybridized carbons (Fsp3) is 0.444. The minimum Gasteiger partial charge on any atom is -0.480 e. The minimum absolute atomic E-state index is 0.133. The second-order valence-electron chi connectivity index (χ2n) is 7.01. The molecule has 0 amide bonds. The van der Waals surface area contributed by atoms with Crippen LogP contribution in [-0.2, 0) is 27.4 Å². The fourth-order valence-corrected chi connectivity index (χ4v) is 2.59. The molecule has 1 aromatic heterocycles. The van der Waals surface area contributed by atoms with E-state index in [-0.39, 0.29) is 18.9 Å². The van der Waals surface area contributed by atoms with E-state index < -0.39 is 23.8 Å². The molecule has 27 heavy (non-hydrogen) atoms. The van der Waals surface area contributed by atoms with E-state index in [9.17, 15) is 14.4 Å². The van der Waals surface area contributed by atoms with Gasteiger partial charge >= 0.3 is 17.6 Å². The van der Waals surface area contributed by atoms with Gasteiger partial charge in [0, 0.05) is 23.6 Å². The van der Waals surface area contributed by atoms with Crippen molar-refractivity contribution in [3.63, 3.8) is 0 Å². The van der Waals surface area contributed by atoms with Crippen molar-refractivity contribution < 1.29 is 19.4 Å². The zero-order chi connectivity index (χ0) is 20.2.